The molecule has 0 fully saturated rings. The Balaban J connectivity index is 1.86. The number of phenols is 1. The molecule has 4 heteroatoms. The van der Waals surface area contributed by atoms with Crippen LogP contribution in [-0.4, -0.2) is 20.0 Å². The van der Waals surface area contributed by atoms with E-state index in [1.54, 1.807) is 18.2 Å². The van der Waals surface area contributed by atoms with Crippen LogP contribution in [0.2, 0.25) is 0 Å². The molecule has 1 N–H and O–H groups in total. The highest BCUT2D eigenvalue weighted by Crippen LogP contribution is 2.40. The number of benzene rings is 3. The lowest BCUT2D eigenvalue weighted by atomic mass is 9.96. The van der Waals surface area contributed by atoms with Gasteiger partial charge in [0.2, 0.25) is 5.78 Å². The van der Waals surface area contributed by atoms with Gasteiger partial charge < -0.3 is 14.2 Å². The van der Waals surface area contributed by atoms with E-state index < -0.39 is 0 Å². The molecule has 5 rings (SSSR count). The molecule has 2 heterocycles. The summed E-state index contributed by atoms with van der Waals surface area (Å²) >= 11 is 0. The van der Waals surface area contributed by atoms with Crippen molar-refractivity contribution in [2.24, 2.45) is 0 Å². The Morgan fingerprint density at radius 3 is 2.18 bits per heavy atom. The fourth-order valence-corrected chi connectivity index (χ4v) is 4.66. The number of rotatable bonds is 7. The third kappa shape index (κ3) is 3.28. The summed E-state index contributed by atoms with van der Waals surface area (Å²) in [6.07, 6.45) is 5.51. The van der Waals surface area contributed by atoms with E-state index in [4.69, 9.17) is 0 Å². The van der Waals surface area contributed by atoms with Crippen LogP contribution < -0.4 is 0 Å². The van der Waals surface area contributed by atoms with Crippen molar-refractivity contribution in [3.63, 3.8) is 0 Å². The van der Waals surface area contributed by atoms with Crippen LogP contribution >= 0.6 is 0 Å². The molecular formula is C29H24N2O2. The molecule has 0 spiro atoms. The Morgan fingerprint density at radius 2 is 1.45 bits per heavy atom. The number of carbonyl (C=O) groups excluding carboxylic acids is 1. The van der Waals surface area contributed by atoms with E-state index in [9.17, 15) is 9.90 Å². The molecule has 2 aromatic heterocycles. The van der Waals surface area contributed by atoms with E-state index in [-0.39, 0.29) is 11.5 Å². The van der Waals surface area contributed by atoms with Gasteiger partial charge in [-0.15, -0.1) is 13.2 Å². The molecule has 0 saturated carbocycles. The zero-order valence-electron chi connectivity index (χ0n) is 18.2. The highest BCUT2D eigenvalue weighted by atomic mass is 16.3. The average Bonchev–Trinajstić information content (AvgIpc) is 3.36. The summed E-state index contributed by atoms with van der Waals surface area (Å²) in [5.41, 5.74) is 4.44. The topological polar surface area (TPSA) is 47.2 Å². The first-order valence-electron chi connectivity index (χ1n) is 10.9. The Morgan fingerprint density at radius 1 is 0.818 bits per heavy atom. The number of aromatic nitrogens is 2. The number of nitrogens with zero attached hydrogens (tertiary/aromatic N) is 2. The Hall–Kier alpha value is -4.31. The fraction of sp³-hybridized carbons (Fsp3) is 0.0690. The lowest BCUT2D eigenvalue weighted by Crippen LogP contribution is -2.11. The Kier molecular flexibility index (Phi) is 5.19. The minimum Gasteiger partial charge on any atom is -0.507 e. The summed E-state index contributed by atoms with van der Waals surface area (Å²) in [4.78, 5) is 14.3. The maximum absolute atomic E-state index is 14.3. The zero-order chi connectivity index (χ0) is 22.9. The molecule has 0 unspecified atom stereocenters. The van der Waals surface area contributed by atoms with Gasteiger partial charge in [0.15, 0.2) is 0 Å². The predicted molar refractivity (Wildman–Crippen MR) is 135 cm³/mol. The lowest BCUT2D eigenvalue weighted by Gasteiger charge is -2.11. The van der Waals surface area contributed by atoms with E-state index in [0.29, 0.717) is 29.9 Å². The first-order chi connectivity index (χ1) is 16.2. The Bertz CT molecular complexity index is 1530. The fourth-order valence-electron chi connectivity index (χ4n) is 4.66. The highest BCUT2D eigenvalue weighted by molar-refractivity contribution is 6.22. The number of fused-ring (bicyclic) bond motifs is 2. The maximum Gasteiger partial charge on any atom is 0.212 e. The summed E-state index contributed by atoms with van der Waals surface area (Å²) in [6, 6.07) is 23.0. The number of para-hydroxylation sites is 3. The second-order valence-electron chi connectivity index (χ2n) is 7.99. The van der Waals surface area contributed by atoms with Crippen molar-refractivity contribution in [2.75, 3.05) is 0 Å². The van der Waals surface area contributed by atoms with Gasteiger partial charge in [0.1, 0.15) is 5.75 Å². The third-order valence-electron chi connectivity index (χ3n) is 6.03. The van der Waals surface area contributed by atoms with Crippen LogP contribution in [0.25, 0.3) is 32.9 Å². The third-order valence-corrected chi connectivity index (χ3v) is 6.03. The van der Waals surface area contributed by atoms with Crippen molar-refractivity contribution < 1.29 is 9.90 Å². The summed E-state index contributed by atoms with van der Waals surface area (Å²) in [7, 11) is 0. The van der Waals surface area contributed by atoms with Gasteiger partial charge in [0, 0.05) is 57.8 Å². The molecular weight excluding hydrogens is 408 g/mol. The molecule has 162 valence electrons. The minimum absolute atomic E-state index is 0.0923. The number of aromatic hydroxyl groups is 1. The van der Waals surface area contributed by atoms with Gasteiger partial charge in [-0.3, -0.25) is 4.79 Å². The molecule has 33 heavy (non-hydrogen) atoms. The van der Waals surface area contributed by atoms with Crippen LogP contribution in [0, 0.1) is 0 Å². The highest BCUT2D eigenvalue weighted by Gasteiger charge is 2.27. The van der Waals surface area contributed by atoms with E-state index in [1.165, 1.54) is 0 Å². The van der Waals surface area contributed by atoms with Gasteiger partial charge in [-0.05, 0) is 18.2 Å². The van der Waals surface area contributed by atoms with E-state index in [2.05, 4.69) is 13.2 Å². The van der Waals surface area contributed by atoms with Crippen LogP contribution in [0.4, 0.5) is 0 Å². The molecule has 5 aromatic rings. The number of allylic oxidation sites excluding steroid dienone is 2. The molecule has 0 amide bonds. The standard InChI is InChI=1S/C29H24N2O2/c1-3-17-30-19-23(20-11-5-8-14-24(20)30)29(33)28-27(22-13-7-10-16-26(22)32)21-12-6-9-15-25(21)31(28)18-4-2/h3-16,19,32H,1-2,17-18H2. The molecule has 0 aliphatic rings. The summed E-state index contributed by atoms with van der Waals surface area (Å²) in [5.74, 6) is 0.0486. The number of hydrogen-bond acceptors (Lipinski definition) is 2. The smallest absolute Gasteiger partial charge is 0.212 e. The number of phenolic OH excluding ortho intramolecular Hbond substituents is 1. The van der Waals surface area contributed by atoms with Crippen molar-refractivity contribution in [3.8, 4) is 16.9 Å². The van der Waals surface area contributed by atoms with Crippen molar-refractivity contribution in [2.45, 2.75) is 13.1 Å². The van der Waals surface area contributed by atoms with Gasteiger partial charge >= 0.3 is 0 Å². The van der Waals surface area contributed by atoms with Crippen molar-refractivity contribution >= 4 is 27.6 Å². The lowest BCUT2D eigenvalue weighted by molar-refractivity contribution is 0.103. The van der Waals surface area contributed by atoms with Gasteiger partial charge in [0.05, 0.1) is 5.69 Å². The Labute approximate surface area is 192 Å². The van der Waals surface area contributed by atoms with Crippen molar-refractivity contribution in [1.82, 2.24) is 9.13 Å². The predicted octanol–water partition coefficient (Wildman–Crippen LogP) is 6.57. The quantitative estimate of drug-likeness (QED) is 0.233. The van der Waals surface area contributed by atoms with Crippen LogP contribution in [0.1, 0.15) is 16.1 Å². The maximum atomic E-state index is 14.3. The normalized spacial score (nSPS) is 11.2. The molecule has 0 atom stereocenters. The molecule has 3 aromatic carbocycles. The van der Waals surface area contributed by atoms with Gasteiger partial charge in [-0.25, -0.2) is 0 Å². The summed E-state index contributed by atoms with van der Waals surface area (Å²) in [5, 5.41) is 12.5. The molecule has 0 saturated heterocycles. The van der Waals surface area contributed by atoms with E-state index in [0.717, 1.165) is 27.4 Å². The monoisotopic (exact) mass is 432 g/mol. The molecule has 0 aliphatic heterocycles. The largest absolute Gasteiger partial charge is 0.507 e. The van der Waals surface area contributed by atoms with Crippen molar-refractivity contribution in [3.05, 3.63) is 116 Å². The summed E-state index contributed by atoms with van der Waals surface area (Å²) in [6.45, 7) is 8.85. The first kappa shape index (κ1) is 20.6. The van der Waals surface area contributed by atoms with Crippen LogP contribution in [0.3, 0.4) is 0 Å². The second kappa shape index (κ2) is 8.32. The molecule has 0 radical (unpaired) electrons. The van der Waals surface area contributed by atoms with E-state index in [1.807, 2.05) is 82.1 Å². The number of carbonyl (C=O) groups is 1. The van der Waals surface area contributed by atoms with Gasteiger partial charge in [-0.2, -0.15) is 0 Å². The van der Waals surface area contributed by atoms with Crippen LogP contribution in [-0.2, 0) is 13.1 Å². The molecule has 0 bridgehead atoms. The molecule has 4 nitrogen and oxygen atoms in total. The SMILES string of the molecule is C=CCn1cc(C(=O)c2c(-c3ccccc3O)c3ccccc3n2CC=C)c2ccccc21. The van der Waals surface area contributed by atoms with Gasteiger partial charge in [-0.1, -0.05) is 66.7 Å². The second-order valence-corrected chi connectivity index (χ2v) is 7.99. The zero-order valence-corrected chi connectivity index (χ0v) is 18.2. The van der Waals surface area contributed by atoms with Crippen LogP contribution in [0.15, 0.2) is 104 Å². The number of hydrogen-bond donors (Lipinski definition) is 1. The van der Waals surface area contributed by atoms with Gasteiger partial charge in [0.25, 0.3) is 0 Å². The summed E-state index contributed by atoms with van der Waals surface area (Å²) < 4.78 is 4.03. The van der Waals surface area contributed by atoms with Crippen molar-refractivity contribution in [1.29, 1.82) is 0 Å². The first-order valence-corrected chi connectivity index (χ1v) is 10.9. The molecule has 0 aliphatic carbocycles. The average molecular weight is 433 g/mol. The number of ketones is 1. The van der Waals surface area contributed by atoms with E-state index >= 15 is 0 Å². The minimum atomic E-state index is -0.0923. The van der Waals surface area contributed by atoms with Crippen LogP contribution in [0.5, 0.6) is 5.75 Å².